The van der Waals surface area contributed by atoms with Crippen molar-refractivity contribution in [3.63, 3.8) is 0 Å². The zero-order valence-electron chi connectivity index (χ0n) is 14.7. The summed E-state index contributed by atoms with van der Waals surface area (Å²) in [6.07, 6.45) is 3.49. The van der Waals surface area contributed by atoms with Crippen LogP contribution in [0.15, 0.2) is 36.7 Å². The molecule has 2 aromatic rings. The molecule has 1 unspecified atom stereocenters. The van der Waals surface area contributed by atoms with Gasteiger partial charge in [-0.25, -0.2) is 4.39 Å². The smallest absolute Gasteiger partial charge is 0.241 e. The van der Waals surface area contributed by atoms with E-state index in [1.165, 1.54) is 12.1 Å². The predicted molar refractivity (Wildman–Crippen MR) is 98.4 cm³/mol. The molecule has 142 valence electrons. The van der Waals surface area contributed by atoms with Crippen molar-refractivity contribution < 1.29 is 14.0 Å². The van der Waals surface area contributed by atoms with Crippen molar-refractivity contribution in [2.45, 2.75) is 12.5 Å². The van der Waals surface area contributed by atoms with Crippen LogP contribution >= 0.6 is 12.4 Å². The van der Waals surface area contributed by atoms with Crippen LogP contribution in [-0.4, -0.2) is 41.7 Å². The Morgan fingerprint density at radius 1 is 1.27 bits per heavy atom. The summed E-state index contributed by atoms with van der Waals surface area (Å²) in [5.41, 5.74) is 1.37. The first kappa shape index (κ1) is 21.6. The molecule has 0 saturated carbocycles. The summed E-state index contributed by atoms with van der Waals surface area (Å²) in [5.74, 6) is -0.793. The first-order valence-electron chi connectivity index (χ1n) is 7.94. The molecule has 3 N–H and O–H groups in total. The maximum absolute atomic E-state index is 13.1. The number of carbonyl (C=O) groups is 2. The Morgan fingerprint density at radius 2 is 2.00 bits per heavy atom. The summed E-state index contributed by atoms with van der Waals surface area (Å²) >= 11 is 0. The molecular formula is C17H23ClFN5O2. The van der Waals surface area contributed by atoms with Gasteiger partial charge in [-0.05, 0) is 24.7 Å². The molecule has 0 aliphatic rings. The van der Waals surface area contributed by atoms with Crippen LogP contribution in [0.2, 0.25) is 0 Å². The number of hydrogen-bond acceptors (Lipinski definition) is 4. The molecule has 1 aromatic carbocycles. The molecule has 0 bridgehead atoms. The molecular weight excluding hydrogens is 361 g/mol. The number of aromatic nitrogens is 2. The Morgan fingerprint density at radius 3 is 2.62 bits per heavy atom. The summed E-state index contributed by atoms with van der Waals surface area (Å²) in [4.78, 5) is 24.0. The van der Waals surface area contributed by atoms with E-state index in [1.54, 1.807) is 43.3 Å². The van der Waals surface area contributed by atoms with E-state index in [4.69, 9.17) is 0 Å². The average molecular weight is 384 g/mol. The molecule has 0 aliphatic heterocycles. The van der Waals surface area contributed by atoms with Crippen LogP contribution in [0.25, 0.3) is 0 Å². The number of likely N-dealkylation sites (N-methyl/N-ethyl adjacent to an activating group) is 1. The number of halogens is 2. The largest absolute Gasteiger partial charge is 0.354 e. The summed E-state index contributed by atoms with van der Waals surface area (Å²) < 4.78 is 14.7. The number of rotatable bonds is 8. The first-order valence-corrected chi connectivity index (χ1v) is 7.94. The molecule has 1 atom stereocenters. The zero-order chi connectivity index (χ0) is 18.2. The van der Waals surface area contributed by atoms with Crippen LogP contribution in [0.5, 0.6) is 0 Å². The number of benzene rings is 1. The normalized spacial score (nSPS) is 11.3. The van der Waals surface area contributed by atoms with Gasteiger partial charge in [0.15, 0.2) is 0 Å². The lowest BCUT2D eigenvalue weighted by Crippen LogP contribution is -2.40. The number of amides is 2. The Bertz CT molecular complexity index is 737. The molecule has 2 rings (SSSR count). The Labute approximate surface area is 157 Å². The van der Waals surface area contributed by atoms with Crippen LogP contribution in [0, 0.1) is 5.82 Å². The van der Waals surface area contributed by atoms with E-state index >= 15 is 0 Å². The summed E-state index contributed by atoms with van der Waals surface area (Å²) in [6, 6.07) is 5.41. The third-order valence-corrected chi connectivity index (χ3v) is 3.61. The van der Waals surface area contributed by atoms with Crippen LogP contribution in [0.4, 0.5) is 4.39 Å². The highest BCUT2D eigenvalue weighted by atomic mass is 35.5. The molecule has 0 radical (unpaired) electrons. The van der Waals surface area contributed by atoms with Gasteiger partial charge in [0.05, 0.1) is 12.6 Å². The third-order valence-electron chi connectivity index (χ3n) is 3.61. The van der Waals surface area contributed by atoms with Crippen molar-refractivity contribution in [3.05, 3.63) is 53.6 Å². The number of hydrogen-bond donors (Lipinski definition) is 3. The summed E-state index contributed by atoms with van der Waals surface area (Å²) in [6.45, 7) is 0.593. The highest BCUT2D eigenvalue weighted by Gasteiger charge is 2.19. The predicted octanol–water partition coefficient (Wildman–Crippen LogP) is 0.717. The highest BCUT2D eigenvalue weighted by Crippen LogP contribution is 2.10. The van der Waals surface area contributed by atoms with Gasteiger partial charge in [0.25, 0.3) is 0 Å². The molecule has 0 aliphatic carbocycles. The van der Waals surface area contributed by atoms with Crippen molar-refractivity contribution in [1.29, 1.82) is 0 Å². The second kappa shape index (κ2) is 10.5. The molecule has 7 nitrogen and oxygen atoms in total. The average Bonchev–Trinajstić information content (AvgIpc) is 2.98. The molecule has 2 amide bonds. The van der Waals surface area contributed by atoms with Gasteiger partial charge in [-0.15, -0.1) is 12.4 Å². The molecule has 1 heterocycles. The van der Waals surface area contributed by atoms with Crippen molar-refractivity contribution in [2.24, 2.45) is 7.05 Å². The van der Waals surface area contributed by atoms with Gasteiger partial charge >= 0.3 is 0 Å². The lowest BCUT2D eigenvalue weighted by Gasteiger charge is -2.14. The van der Waals surface area contributed by atoms with Gasteiger partial charge in [-0.1, -0.05) is 12.1 Å². The third kappa shape index (κ3) is 6.45. The van der Waals surface area contributed by atoms with Gasteiger partial charge in [0.1, 0.15) is 11.9 Å². The van der Waals surface area contributed by atoms with E-state index < -0.39 is 6.04 Å². The van der Waals surface area contributed by atoms with Gasteiger partial charge in [0, 0.05) is 31.9 Å². The summed E-state index contributed by atoms with van der Waals surface area (Å²) in [7, 11) is 3.47. The van der Waals surface area contributed by atoms with E-state index in [0.717, 1.165) is 5.56 Å². The molecule has 9 heteroatoms. The van der Waals surface area contributed by atoms with E-state index in [0.29, 0.717) is 18.7 Å². The van der Waals surface area contributed by atoms with E-state index in [1.807, 2.05) is 0 Å². The lowest BCUT2D eigenvalue weighted by atomic mass is 10.1. The number of nitrogens with zero attached hydrogens (tertiary/aromatic N) is 2. The molecule has 26 heavy (non-hydrogen) atoms. The van der Waals surface area contributed by atoms with E-state index in [-0.39, 0.29) is 36.5 Å². The minimum atomic E-state index is -0.503. The lowest BCUT2D eigenvalue weighted by molar-refractivity contribution is -0.124. The van der Waals surface area contributed by atoms with Crippen LogP contribution in [0.3, 0.4) is 0 Å². The maximum atomic E-state index is 13.1. The van der Waals surface area contributed by atoms with Crippen LogP contribution in [-0.2, 0) is 23.1 Å². The second-order valence-electron chi connectivity index (χ2n) is 5.62. The fourth-order valence-electron chi connectivity index (χ4n) is 2.42. The Hall–Kier alpha value is -2.45. The molecule has 0 spiro atoms. The fourth-order valence-corrected chi connectivity index (χ4v) is 2.42. The minimum absolute atomic E-state index is 0. The van der Waals surface area contributed by atoms with E-state index in [2.05, 4.69) is 21.0 Å². The first-order chi connectivity index (χ1) is 12.0. The molecule has 1 aromatic heterocycles. The number of nitrogens with one attached hydrogen (secondary N) is 3. The number of aryl methyl sites for hydroxylation is 1. The number of carbonyl (C=O) groups excluding carboxylic acids is 2. The fraction of sp³-hybridized carbons (Fsp3) is 0.353. The zero-order valence-corrected chi connectivity index (χ0v) is 15.5. The molecule has 0 saturated heterocycles. The SMILES string of the molecule is CNC(C(=O)NCCNC(=O)Cc1cccc(F)c1)c1cnn(C)c1.Cl. The van der Waals surface area contributed by atoms with E-state index in [9.17, 15) is 14.0 Å². The highest BCUT2D eigenvalue weighted by molar-refractivity contribution is 5.85. The van der Waals surface area contributed by atoms with Crippen LogP contribution < -0.4 is 16.0 Å². The van der Waals surface area contributed by atoms with Crippen molar-refractivity contribution in [2.75, 3.05) is 20.1 Å². The standard InChI is InChI=1S/C17H22FN5O2.ClH/c1-19-16(13-10-22-23(2)11-13)17(25)21-7-6-20-15(24)9-12-4-3-5-14(18)8-12;/h3-5,8,10-11,16,19H,6-7,9H2,1-2H3,(H,20,24)(H,21,25);1H. The summed E-state index contributed by atoms with van der Waals surface area (Å²) in [5, 5.41) is 12.4. The van der Waals surface area contributed by atoms with Gasteiger partial charge in [-0.2, -0.15) is 5.10 Å². The van der Waals surface area contributed by atoms with Crippen molar-refractivity contribution >= 4 is 24.2 Å². The topological polar surface area (TPSA) is 88.1 Å². The Balaban J connectivity index is 0.00000338. The Kier molecular flexibility index (Phi) is 8.74. The molecule has 0 fully saturated rings. The van der Waals surface area contributed by atoms with Gasteiger partial charge in [0.2, 0.25) is 11.8 Å². The quantitative estimate of drug-likeness (QED) is 0.586. The van der Waals surface area contributed by atoms with Gasteiger partial charge in [-0.3, -0.25) is 14.3 Å². The van der Waals surface area contributed by atoms with Crippen molar-refractivity contribution in [1.82, 2.24) is 25.7 Å². The second-order valence-corrected chi connectivity index (χ2v) is 5.62. The monoisotopic (exact) mass is 383 g/mol. The van der Waals surface area contributed by atoms with Crippen molar-refractivity contribution in [3.8, 4) is 0 Å². The maximum Gasteiger partial charge on any atom is 0.241 e. The minimum Gasteiger partial charge on any atom is -0.354 e. The van der Waals surface area contributed by atoms with Crippen LogP contribution in [0.1, 0.15) is 17.2 Å². The van der Waals surface area contributed by atoms with Gasteiger partial charge < -0.3 is 16.0 Å².